The number of fused-ring (bicyclic) bond motifs is 4. The predicted octanol–water partition coefficient (Wildman–Crippen LogP) is 4.11. The van der Waals surface area contributed by atoms with Gasteiger partial charge in [0.2, 0.25) is 5.55 Å². The van der Waals surface area contributed by atoms with E-state index in [2.05, 4.69) is 17.2 Å². The number of rotatable bonds is 0. The summed E-state index contributed by atoms with van der Waals surface area (Å²) in [5.41, 5.74) is 5.47. The fourth-order valence-corrected chi connectivity index (χ4v) is 5.12. The predicted molar refractivity (Wildman–Crippen MR) is 97.4 cm³/mol. The minimum atomic E-state index is 0.0637. The zero-order valence-corrected chi connectivity index (χ0v) is 14.8. The van der Waals surface area contributed by atoms with Gasteiger partial charge >= 0.3 is 0 Å². The third kappa shape index (κ3) is 2.45. The van der Waals surface area contributed by atoms with Crippen LogP contribution in [0.25, 0.3) is 11.0 Å². The average Bonchev–Trinajstić information content (AvgIpc) is 2.66. The van der Waals surface area contributed by atoms with E-state index in [1.807, 2.05) is 0 Å². The van der Waals surface area contributed by atoms with Crippen LogP contribution in [0.15, 0.2) is 21.7 Å². The molecule has 1 aromatic heterocycles. The van der Waals surface area contributed by atoms with Gasteiger partial charge in [-0.3, -0.25) is 0 Å². The maximum absolute atomic E-state index is 6.56. The summed E-state index contributed by atoms with van der Waals surface area (Å²) < 4.78 is 12.6. The Morgan fingerprint density at radius 3 is 2.48 bits per heavy atom. The molecule has 3 aliphatic rings. The second-order valence-electron chi connectivity index (χ2n) is 8.00. The van der Waals surface area contributed by atoms with E-state index in [1.165, 1.54) is 67.0 Å². The number of aryl methyl sites for hydroxylation is 2. The third-order valence-corrected chi connectivity index (χ3v) is 6.48. The first-order chi connectivity index (χ1) is 12.3. The van der Waals surface area contributed by atoms with Crippen LogP contribution in [0, 0.1) is 0 Å². The number of nitrogens with two attached hydrogens (primary N) is 1. The molecule has 2 aromatic rings. The van der Waals surface area contributed by atoms with Gasteiger partial charge < -0.3 is 15.0 Å². The zero-order valence-electron chi connectivity index (χ0n) is 14.8. The summed E-state index contributed by atoms with van der Waals surface area (Å²) in [4.78, 5) is 0. The molecule has 4 heteroatoms. The summed E-state index contributed by atoms with van der Waals surface area (Å²) in [7, 11) is 0. The smallest absolute Gasteiger partial charge is 0.239 e. The summed E-state index contributed by atoms with van der Waals surface area (Å²) in [6.07, 6.45) is 13.1. The van der Waals surface area contributed by atoms with E-state index in [4.69, 9.17) is 15.0 Å². The minimum absolute atomic E-state index is 0.0637. The summed E-state index contributed by atoms with van der Waals surface area (Å²) in [5.74, 6) is 6.63. The maximum atomic E-state index is 6.56. The fraction of sp³-hybridized carbons (Fsp3) is 0.571. The average molecular weight is 338 g/mol. The number of nitrogens with zero attached hydrogens (tertiary/aromatic N) is 1. The van der Waals surface area contributed by atoms with Crippen molar-refractivity contribution in [3.63, 3.8) is 0 Å². The lowest BCUT2D eigenvalue weighted by Gasteiger charge is -2.41. The molecule has 1 aromatic carbocycles. The number of hydrogen-bond donors (Lipinski definition) is 1. The highest BCUT2D eigenvalue weighted by atomic mass is 16.5. The van der Waals surface area contributed by atoms with Crippen molar-refractivity contribution in [2.75, 3.05) is 0 Å². The molecule has 0 bridgehead atoms. The van der Waals surface area contributed by atoms with Gasteiger partial charge in [0.1, 0.15) is 16.9 Å². The lowest BCUT2D eigenvalue weighted by molar-refractivity contribution is 0.0109. The van der Waals surface area contributed by atoms with Crippen LogP contribution in [0.2, 0.25) is 0 Å². The Labute approximate surface area is 148 Å². The first kappa shape index (κ1) is 15.3. The Bertz CT molecular complexity index is 891. The molecule has 132 valence electrons. The summed E-state index contributed by atoms with van der Waals surface area (Å²) in [5, 5.41) is 5.16. The monoisotopic (exact) mass is 338 g/mol. The van der Waals surface area contributed by atoms with Gasteiger partial charge in [0, 0.05) is 17.0 Å². The van der Waals surface area contributed by atoms with E-state index < -0.39 is 0 Å². The highest BCUT2D eigenvalue weighted by Crippen LogP contribution is 2.43. The molecule has 1 aliphatic heterocycles. The molecule has 0 amide bonds. The lowest BCUT2D eigenvalue weighted by atomic mass is 9.78. The summed E-state index contributed by atoms with van der Waals surface area (Å²) in [6, 6.07) is 4.41. The molecular formula is C21H26N2O2. The van der Waals surface area contributed by atoms with Gasteiger partial charge in [0.15, 0.2) is 0 Å². The molecular weight excluding hydrogens is 312 g/mol. The van der Waals surface area contributed by atoms with Gasteiger partial charge in [-0.05, 0) is 81.4 Å². The van der Waals surface area contributed by atoms with Crippen molar-refractivity contribution < 1.29 is 9.15 Å². The Kier molecular flexibility index (Phi) is 3.54. The van der Waals surface area contributed by atoms with Crippen molar-refractivity contribution in [1.82, 2.24) is 0 Å². The molecule has 1 spiro atoms. The Morgan fingerprint density at radius 2 is 1.68 bits per heavy atom. The summed E-state index contributed by atoms with van der Waals surface area (Å²) in [6.45, 7) is 0. The molecule has 1 fully saturated rings. The number of hydrogen-bond acceptors (Lipinski definition) is 4. The molecule has 5 rings (SSSR count). The largest absolute Gasteiger partial charge is 0.487 e. The van der Waals surface area contributed by atoms with Gasteiger partial charge in [-0.25, -0.2) is 0 Å². The van der Waals surface area contributed by atoms with Crippen molar-refractivity contribution >= 4 is 11.0 Å². The topological polar surface area (TPSA) is 60.8 Å². The molecule has 4 nitrogen and oxygen atoms in total. The highest BCUT2D eigenvalue weighted by Gasteiger charge is 2.37. The zero-order chi connectivity index (χ0) is 16.9. The van der Waals surface area contributed by atoms with Crippen LogP contribution in [0.1, 0.15) is 68.1 Å². The standard InChI is InChI=1S/C21H26N2O2/c22-23-20-16-7-3-2-6-15(16)17-12-14-8-11-21(9-4-1-5-10-21)25-18(14)13-19(17)24-20/h12-13H,1-11,22H2/b23-20+. The van der Waals surface area contributed by atoms with Crippen LogP contribution in [0.4, 0.5) is 0 Å². The van der Waals surface area contributed by atoms with Crippen molar-refractivity contribution in [2.45, 2.75) is 76.2 Å². The molecule has 1 saturated carbocycles. The maximum Gasteiger partial charge on any atom is 0.239 e. The molecule has 2 N–H and O–H groups in total. The second kappa shape index (κ2) is 5.79. The van der Waals surface area contributed by atoms with Crippen LogP contribution in [-0.4, -0.2) is 5.60 Å². The van der Waals surface area contributed by atoms with Crippen molar-refractivity contribution in [1.29, 1.82) is 0 Å². The molecule has 2 aliphatic carbocycles. The Hall–Kier alpha value is -1.97. The third-order valence-electron chi connectivity index (χ3n) is 6.48. The molecule has 0 atom stereocenters. The van der Waals surface area contributed by atoms with Crippen molar-refractivity contribution in [2.24, 2.45) is 10.9 Å². The van der Waals surface area contributed by atoms with Crippen LogP contribution in [0.3, 0.4) is 0 Å². The van der Waals surface area contributed by atoms with Crippen LogP contribution >= 0.6 is 0 Å². The van der Waals surface area contributed by atoms with Crippen LogP contribution in [0.5, 0.6) is 5.75 Å². The minimum Gasteiger partial charge on any atom is -0.487 e. The normalized spacial score (nSPS) is 22.5. The molecule has 25 heavy (non-hydrogen) atoms. The van der Waals surface area contributed by atoms with E-state index in [-0.39, 0.29) is 5.60 Å². The molecule has 0 saturated heterocycles. The number of benzene rings is 1. The van der Waals surface area contributed by atoms with E-state index in [1.54, 1.807) is 0 Å². The van der Waals surface area contributed by atoms with Gasteiger partial charge in [-0.15, -0.1) is 5.10 Å². The molecule has 0 unspecified atom stereocenters. The summed E-state index contributed by atoms with van der Waals surface area (Å²) >= 11 is 0. The van der Waals surface area contributed by atoms with Gasteiger partial charge in [0.25, 0.3) is 0 Å². The SMILES string of the molecule is N/N=c1/oc2cc3c(cc2c2c1CCCC2)CCC1(CCCCC1)O3. The second-order valence-corrected chi connectivity index (χ2v) is 8.00. The number of ether oxygens (including phenoxy) is 1. The van der Waals surface area contributed by atoms with Gasteiger partial charge in [0.05, 0.1) is 0 Å². The molecule has 0 radical (unpaired) electrons. The van der Waals surface area contributed by atoms with E-state index in [0.29, 0.717) is 5.55 Å². The lowest BCUT2D eigenvalue weighted by Crippen LogP contribution is -2.41. The van der Waals surface area contributed by atoms with Crippen LogP contribution in [-0.2, 0) is 19.3 Å². The van der Waals surface area contributed by atoms with E-state index >= 15 is 0 Å². The van der Waals surface area contributed by atoms with Crippen molar-refractivity contribution in [3.05, 3.63) is 34.4 Å². The van der Waals surface area contributed by atoms with Crippen LogP contribution < -0.4 is 16.1 Å². The van der Waals surface area contributed by atoms with E-state index in [9.17, 15) is 0 Å². The van der Waals surface area contributed by atoms with E-state index in [0.717, 1.165) is 37.0 Å². The first-order valence-corrected chi connectivity index (χ1v) is 9.82. The highest BCUT2D eigenvalue weighted by molar-refractivity contribution is 5.84. The Morgan fingerprint density at radius 1 is 0.880 bits per heavy atom. The van der Waals surface area contributed by atoms with Gasteiger partial charge in [-0.1, -0.05) is 6.42 Å². The Balaban J connectivity index is 1.65. The fourth-order valence-electron chi connectivity index (χ4n) is 5.12. The first-order valence-electron chi connectivity index (χ1n) is 9.82. The van der Waals surface area contributed by atoms with Gasteiger partial charge in [-0.2, -0.15) is 0 Å². The van der Waals surface area contributed by atoms with Crippen molar-refractivity contribution in [3.8, 4) is 5.75 Å². The molecule has 2 heterocycles. The quantitative estimate of drug-likeness (QED) is 0.581.